The number of fused-ring (bicyclic) bond motifs is 2. The van der Waals surface area contributed by atoms with Gasteiger partial charge in [-0.25, -0.2) is 0 Å². The molecule has 4 rings (SSSR count). The molecule has 0 spiro atoms. The fourth-order valence-corrected chi connectivity index (χ4v) is 4.02. The number of allylic oxidation sites excluding steroid dienone is 2. The van der Waals surface area contributed by atoms with Crippen molar-refractivity contribution in [2.45, 2.75) is 57.9 Å². The molecule has 3 aliphatic heterocycles. The van der Waals surface area contributed by atoms with Crippen LogP contribution >= 0.6 is 0 Å². The summed E-state index contributed by atoms with van der Waals surface area (Å²) in [6.45, 7) is 3.60. The quantitative estimate of drug-likeness (QED) is 0.569. The molecular formula is C21H28N3+. The molecule has 1 aromatic carbocycles. The van der Waals surface area contributed by atoms with Crippen molar-refractivity contribution in [1.29, 1.82) is 0 Å². The normalized spacial score (nSPS) is 20.1. The van der Waals surface area contributed by atoms with Crippen molar-refractivity contribution in [3.63, 3.8) is 0 Å². The lowest BCUT2D eigenvalue weighted by Crippen LogP contribution is -2.31. The number of rotatable bonds is 6. The summed E-state index contributed by atoms with van der Waals surface area (Å²) in [6.07, 6.45) is 14.4. The van der Waals surface area contributed by atoms with Crippen LogP contribution < -0.4 is 0 Å². The minimum Gasteiger partial charge on any atom is -0.299 e. The summed E-state index contributed by atoms with van der Waals surface area (Å²) >= 11 is 0. The van der Waals surface area contributed by atoms with Gasteiger partial charge in [0.05, 0.1) is 0 Å². The van der Waals surface area contributed by atoms with Gasteiger partial charge in [0.15, 0.2) is 6.21 Å². The first kappa shape index (κ1) is 15.8. The highest BCUT2D eigenvalue weighted by molar-refractivity contribution is 5.96. The highest BCUT2D eigenvalue weighted by atomic mass is 15.4. The summed E-state index contributed by atoms with van der Waals surface area (Å²) in [5, 5.41) is 4.71. The fraction of sp³-hybridized carbons (Fsp3) is 0.524. The second kappa shape index (κ2) is 7.43. The number of unbranched alkanes of at least 4 members (excludes halogenated alkanes) is 2. The molecule has 0 saturated carbocycles. The van der Waals surface area contributed by atoms with Crippen LogP contribution in [-0.2, 0) is 13.0 Å². The first-order valence-corrected chi connectivity index (χ1v) is 9.58. The molecule has 0 atom stereocenters. The Morgan fingerprint density at radius 1 is 1.04 bits per heavy atom. The molecule has 0 aromatic heterocycles. The number of nitrogens with zero attached hydrogens (tertiary/aromatic N) is 3. The van der Waals surface area contributed by atoms with Crippen LogP contribution in [0.3, 0.4) is 0 Å². The second-order valence-corrected chi connectivity index (χ2v) is 7.25. The van der Waals surface area contributed by atoms with Crippen molar-refractivity contribution < 1.29 is 4.68 Å². The molecule has 0 N–H and O–H groups in total. The summed E-state index contributed by atoms with van der Waals surface area (Å²) in [6, 6.07) is 8.91. The molecule has 0 saturated heterocycles. The van der Waals surface area contributed by atoms with Crippen LogP contribution in [0.15, 0.2) is 41.1 Å². The van der Waals surface area contributed by atoms with E-state index in [1.807, 2.05) is 0 Å². The van der Waals surface area contributed by atoms with Gasteiger partial charge in [-0.1, -0.05) is 35.4 Å². The van der Waals surface area contributed by atoms with E-state index in [-0.39, 0.29) is 0 Å². The van der Waals surface area contributed by atoms with Crippen molar-refractivity contribution in [2.75, 3.05) is 13.1 Å². The van der Waals surface area contributed by atoms with Crippen LogP contribution in [0.2, 0.25) is 0 Å². The third kappa shape index (κ3) is 3.67. The van der Waals surface area contributed by atoms with Gasteiger partial charge in [0.25, 0.3) is 0 Å². The molecule has 24 heavy (non-hydrogen) atoms. The van der Waals surface area contributed by atoms with Gasteiger partial charge >= 0.3 is 0 Å². The van der Waals surface area contributed by atoms with E-state index in [1.54, 1.807) is 5.56 Å². The van der Waals surface area contributed by atoms with Crippen LogP contribution in [0.1, 0.15) is 56.1 Å². The predicted octanol–water partition coefficient (Wildman–Crippen LogP) is 4.13. The predicted molar refractivity (Wildman–Crippen MR) is 99.6 cm³/mol. The Labute approximate surface area is 145 Å². The number of hydrazone groups is 1. The van der Waals surface area contributed by atoms with E-state index in [1.165, 1.54) is 75.0 Å². The highest BCUT2D eigenvalue weighted by Crippen LogP contribution is 2.21. The number of benzene rings is 1. The van der Waals surface area contributed by atoms with E-state index >= 15 is 0 Å². The molecule has 0 aliphatic carbocycles. The zero-order chi connectivity index (χ0) is 16.2. The summed E-state index contributed by atoms with van der Waals surface area (Å²) in [7, 11) is 0. The Hall–Kier alpha value is -1.74. The Balaban J connectivity index is 1.17. The maximum Gasteiger partial charge on any atom is 0.216 e. The zero-order valence-corrected chi connectivity index (χ0v) is 14.6. The van der Waals surface area contributed by atoms with Crippen molar-refractivity contribution >= 4 is 11.9 Å². The highest BCUT2D eigenvalue weighted by Gasteiger charge is 2.24. The molecular weight excluding hydrogens is 294 g/mol. The van der Waals surface area contributed by atoms with Crippen molar-refractivity contribution in [2.24, 2.45) is 5.10 Å². The van der Waals surface area contributed by atoms with E-state index < -0.39 is 0 Å². The Morgan fingerprint density at radius 3 is 2.88 bits per heavy atom. The minimum absolute atomic E-state index is 1.14. The first-order chi connectivity index (χ1) is 11.9. The van der Waals surface area contributed by atoms with Crippen molar-refractivity contribution in [3.8, 4) is 0 Å². The molecule has 0 unspecified atom stereocenters. The van der Waals surface area contributed by atoms with E-state index in [0.717, 1.165) is 13.0 Å². The van der Waals surface area contributed by atoms with E-state index in [9.17, 15) is 0 Å². The van der Waals surface area contributed by atoms with E-state index in [2.05, 4.69) is 46.1 Å². The SMILES string of the molecule is C1=C2CCCC=[N+]2N=C1CCCCCN1CCc2ccccc2C1. The molecule has 3 heterocycles. The van der Waals surface area contributed by atoms with Crippen LogP contribution in [0.25, 0.3) is 0 Å². The van der Waals surface area contributed by atoms with Gasteiger partial charge in [0.1, 0.15) is 5.71 Å². The average molecular weight is 322 g/mol. The molecule has 0 fully saturated rings. The van der Waals surface area contributed by atoms with Crippen LogP contribution in [-0.4, -0.2) is 34.6 Å². The Kier molecular flexibility index (Phi) is 4.88. The minimum atomic E-state index is 1.14. The Morgan fingerprint density at radius 2 is 1.96 bits per heavy atom. The van der Waals surface area contributed by atoms with Crippen LogP contribution in [0.4, 0.5) is 0 Å². The molecule has 1 aromatic rings. The maximum absolute atomic E-state index is 4.71. The van der Waals surface area contributed by atoms with Gasteiger partial charge in [-0.3, -0.25) is 4.90 Å². The summed E-state index contributed by atoms with van der Waals surface area (Å²) in [4.78, 5) is 2.62. The summed E-state index contributed by atoms with van der Waals surface area (Å²) in [5.41, 5.74) is 5.77. The lowest BCUT2D eigenvalue weighted by molar-refractivity contribution is -0.480. The van der Waals surface area contributed by atoms with Crippen molar-refractivity contribution in [3.05, 3.63) is 47.2 Å². The fourth-order valence-electron chi connectivity index (χ4n) is 4.02. The second-order valence-electron chi connectivity index (χ2n) is 7.25. The molecule has 3 aliphatic rings. The lowest BCUT2D eigenvalue weighted by Gasteiger charge is -2.28. The van der Waals surface area contributed by atoms with Crippen LogP contribution in [0, 0.1) is 0 Å². The topological polar surface area (TPSA) is 18.6 Å². The van der Waals surface area contributed by atoms with Gasteiger partial charge in [-0.15, -0.1) is 0 Å². The zero-order valence-electron chi connectivity index (χ0n) is 14.6. The standard InChI is InChI=1S/C21H28N3/c1(2-10-20-16-21-11-5-7-14-24(21)22-20)6-13-23-15-12-18-8-3-4-9-19(18)17-23/h3-4,8-9,14,16H,1-2,5-7,10-13,15,17H2/q+1. The monoisotopic (exact) mass is 322 g/mol. The Bertz CT molecular complexity index is 684. The molecule has 0 bridgehead atoms. The average Bonchev–Trinajstić information content (AvgIpc) is 3.04. The van der Waals surface area contributed by atoms with Crippen molar-refractivity contribution in [1.82, 2.24) is 4.90 Å². The summed E-state index contributed by atoms with van der Waals surface area (Å²) in [5.74, 6) is 0. The van der Waals surface area contributed by atoms with E-state index in [4.69, 9.17) is 5.10 Å². The molecule has 0 amide bonds. The van der Waals surface area contributed by atoms with E-state index in [0.29, 0.717) is 0 Å². The molecule has 0 radical (unpaired) electrons. The van der Waals surface area contributed by atoms with Gasteiger partial charge in [0.2, 0.25) is 5.70 Å². The molecule has 3 nitrogen and oxygen atoms in total. The third-order valence-corrected chi connectivity index (χ3v) is 5.42. The molecule has 126 valence electrons. The number of hydrogen-bond acceptors (Lipinski definition) is 2. The smallest absolute Gasteiger partial charge is 0.216 e. The summed E-state index contributed by atoms with van der Waals surface area (Å²) < 4.78 is 2.12. The first-order valence-electron chi connectivity index (χ1n) is 9.58. The largest absolute Gasteiger partial charge is 0.299 e. The number of hydrogen-bond donors (Lipinski definition) is 0. The van der Waals surface area contributed by atoms with Crippen LogP contribution in [0.5, 0.6) is 0 Å². The maximum atomic E-state index is 4.71. The van der Waals surface area contributed by atoms with Gasteiger partial charge in [-0.2, -0.15) is 0 Å². The van der Waals surface area contributed by atoms with Gasteiger partial charge in [0, 0.05) is 37.1 Å². The third-order valence-electron chi connectivity index (χ3n) is 5.42. The van der Waals surface area contributed by atoms with Gasteiger partial charge in [-0.05, 0) is 49.8 Å². The lowest BCUT2D eigenvalue weighted by atomic mass is 9.99. The van der Waals surface area contributed by atoms with Gasteiger partial charge < -0.3 is 0 Å². The molecule has 3 heteroatoms.